The summed E-state index contributed by atoms with van der Waals surface area (Å²) in [5.74, 6) is 0.438. The van der Waals surface area contributed by atoms with E-state index in [1.165, 1.54) is 0 Å². The minimum Gasteiger partial charge on any atom is -0.326 e. The molecule has 3 rings (SSSR count). The maximum absolute atomic E-state index is 12.0. The summed E-state index contributed by atoms with van der Waals surface area (Å²) in [6, 6.07) is 5.70. The number of benzene rings is 1. The molecule has 1 aliphatic rings. The summed E-state index contributed by atoms with van der Waals surface area (Å²) in [4.78, 5) is 12.0. The van der Waals surface area contributed by atoms with E-state index in [0.717, 1.165) is 29.8 Å². The van der Waals surface area contributed by atoms with Crippen LogP contribution >= 0.6 is 0 Å². The third kappa shape index (κ3) is 3.16. The van der Waals surface area contributed by atoms with Gasteiger partial charge in [0, 0.05) is 12.1 Å². The van der Waals surface area contributed by atoms with Crippen LogP contribution in [0.3, 0.4) is 0 Å². The SMILES string of the molecule is Cc1cc(NC(=O)CC2C=CCC2)ccc1-n1cnnn1. The van der Waals surface area contributed by atoms with Crippen molar-refractivity contribution in [2.45, 2.75) is 26.2 Å². The molecular formula is C15H17N5O. The number of carbonyl (C=O) groups is 1. The van der Waals surface area contributed by atoms with Gasteiger partial charge in [-0.15, -0.1) is 5.10 Å². The molecule has 108 valence electrons. The van der Waals surface area contributed by atoms with E-state index in [-0.39, 0.29) is 5.91 Å². The highest BCUT2D eigenvalue weighted by Crippen LogP contribution is 2.22. The molecule has 0 bridgehead atoms. The van der Waals surface area contributed by atoms with Crippen LogP contribution in [0.2, 0.25) is 0 Å². The van der Waals surface area contributed by atoms with E-state index in [4.69, 9.17) is 0 Å². The van der Waals surface area contributed by atoms with Crippen LogP contribution < -0.4 is 5.32 Å². The number of nitrogens with zero attached hydrogens (tertiary/aromatic N) is 4. The van der Waals surface area contributed by atoms with Crippen LogP contribution in [0, 0.1) is 12.8 Å². The highest BCUT2D eigenvalue weighted by Gasteiger charge is 2.14. The standard InChI is InChI=1S/C15H17N5O/c1-11-8-13(6-7-14(11)20-10-16-18-19-20)17-15(21)9-12-4-2-3-5-12/h2,4,6-8,10,12H,3,5,9H2,1H3,(H,17,21). The van der Waals surface area contributed by atoms with Gasteiger partial charge in [-0.1, -0.05) is 12.2 Å². The Labute approximate surface area is 122 Å². The zero-order valence-corrected chi connectivity index (χ0v) is 11.9. The number of carbonyl (C=O) groups excluding carboxylic acids is 1. The molecule has 0 saturated heterocycles. The Morgan fingerprint density at radius 1 is 1.48 bits per heavy atom. The minimum absolute atomic E-state index is 0.0566. The van der Waals surface area contributed by atoms with E-state index in [2.05, 4.69) is 33.0 Å². The Kier molecular flexibility index (Phi) is 3.77. The second-order valence-electron chi connectivity index (χ2n) is 5.27. The molecule has 0 radical (unpaired) electrons. The van der Waals surface area contributed by atoms with Gasteiger partial charge in [0.15, 0.2) is 0 Å². The van der Waals surface area contributed by atoms with Crippen LogP contribution in [0.15, 0.2) is 36.7 Å². The number of aromatic nitrogens is 4. The van der Waals surface area contributed by atoms with Crippen molar-refractivity contribution in [3.8, 4) is 5.69 Å². The van der Waals surface area contributed by atoms with Gasteiger partial charge in [0.2, 0.25) is 5.91 Å². The van der Waals surface area contributed by atoms with Crippen molar-refractivity contribution in [2.24, 2.45) is 5.92 Å². The van der Waals surface area contributed by atoms with Crippen LogP contribution in [-0.2, 0) is 4.79 Å². The van der Waals surface area contributed by atoms with Gasteiger partial charge in [-0.05, 0) is 59.9 Å². The maximum atomic E-state index is 12.0. The lowest BCUT2D eigenvalue weighted by Crippen LogP contribution is -2.15. The van der Waals surface area contributed by atoms with Gasteiger partial charge in [-0.25, -0.2) is 4.68 Å². The van der Waals surface area contributed by atoms with Gasteiger partial charge in [-0.2, -0.15) is 0 Å². The molecule has 2 aromatic rings. The van der Waals surface area contributed by atoms with E-state index in [0.29, 0.717) is 12.3 Å². The van der Waals surface area contributed by atoms with E-state index >= 15 is 0 Å². The first-order chi connectivity index (χ1) is 10.2. The van der Waals surface area contributed by atoms with Crippen molar-refractivity contribution in [1.29, 1.82) is 0 Å². The molecule has 1 aliphatic carbocycles. The highest BCUT2D eigenvalue weighted by molar-refractivity contribution is 5.91. The van der Waals surface area contributed by atoms with Crippen molar-refractivity contribution in [1.82, 2.24) is 20.2 Å². The van der Waals surface area contributed by atoms with Gasteiger partial charge in [0.05, 0.1) is 5.69 Å². The summed E-state index contributed by atoms with van der Waals surface area (Å²) < 4.78 is 1.60. The molecule has 0 spiro atoms. The van der Waals surface area contributed by atoms with Gasteiger partial charge in [-0.3, -0.25) is 4.79 Å². The number of anilines is 1. The van der Waals surface area contributed by atoms with Gasteiger partial charge >= 0.3 is 0 Å². The van der Waals surface area contributed by atoms with E-state index in [1.807, 2.05) is 25.1 Å². The van der Waals surface area contributed by atoms with E-state index < -0.39 is 0 Å². The van der Waals surface area contributed by atoms with E-state index in [1.54, 1.807) is 11.0 Å². The third-order valence-corrected chi connectivity index (χ3v) is 3.64. The molecule has 1 amide bonds. The number of hydrogen-bond acceptors (Lipinski definition) is 4. The predicted molar refractivity (Wildman–Crippen MR) is 79.0 cm³/mol. The van der Waals surface area contributed by atoms with Gasteiger partial charge in [0.25, 0.3) is 0 Å². The first-order valence-corrected chi connectivity index (χ1v) is 7.03. The minimum atomic E-state index is 0.0566. The Morgan fingerprint density at radius 2 is 2.38 bits per heavy atom. The molecule has 0 aliphatic heterocycles. The lowest BCUT2D eigenvalue weighted by Gasteiger charge is -2.11. The summed E-state index contributed by atoms with van der Waals surface area (Å²) in [7, 11) is 0. The quantitative estimate of drug-likeness (QED) is 0.874. The van der Waals surface area contributed by atoms with Crippen molar-refractivity contribution < 1.29 is 4.79 Å². The number of rotatable bonds is 4. The summed E-state index contributed by atoms with van der Waals surface area (Å²) in [6.45, 7) is 1.96. The fourth-order valence-corrected chi connectivity index (χ4v) is 2.58. The molecule has 21 heavy (non-hydrogen) atoms. The molecule has 1 N–H and O–H groups in total. The number of nitrogens with one attached hydrogen (secondary N) is 1. The van der Waals surface area contributed by atoms with Crippen molar-refractivity contribution >= 4 is 11.6 Å². The zero-order valence-electron chi connectivity index (χ0n) is 11.9. The molecule has 1 heterocycles. The van der Waals surface area contributed by atoms with Crippen LogP contribution in [0.25, 0.3) is 5.69 Å². The smallest absolute Gasteiger partial charge is 0.224 e. The monoisotopic (exact) mass is 283 g/mol. The molecule has 1 aromatic heterocycles. The van der Waals surface area contributed by atoms with Crippen LogP contribution in [0.1, 0.15) is 24.8 Å². The summed E-state index contributed by atoms with van der Waals surface area (Å²) in [5, 5.41) is 14.1. The van der Waals surface area contributed by atoms with Gasteiger partial charge in [0.1, 0.15) is 6.33 Å². The van der Waals surface area contributed by atoms with Gasteiger partial charge < -0.3 is 5.32 Å². The predicted octanol–water partition coefficient (Wildman–Crippen LogP) is 2.27. The van der Waals surface area contributed by atoms with Crippen molar-refractivity contribution in [2.75, 3.05) is 5.32 Å². The van der Waals surface area contributed by atoms with Crippen LogP contribution in [0.5, 0.6) is 0 Å². The number of tetrazole rings is 1. The molecule has 0 fully saturated rings. The first kappa shape index (κ1) is 13.5. The molecule has 0 saturated carbocycles. The molecular weight excluding hydrogens is 266 g/mol. The van der Waals surface area contributed by atoms with E-state index in [9.17, 15) is 4.79 Å². The topological polar surface area (TPSA) is 72.7 Å². The Bertz CT molecular complexity index is 663. The fraction of sp³-hybridized carbons (Fsp3) is 0.333. The van der Waals surface area contributed by atoms with Crippen molar-refractivity contribution in [3.05, 3.63) is 42.2 Å². The number of hydrogen-bond donors (Lipinski definition) is 1. The normalized spacial score (nSPS) is 17.1. The lowest BCUT2D eigenvalue weighted by atomic mass is 10.0. The molecule has 1 aromatic carbocycles. The van der Waals surface area contributed by atoms with Crippen molar-refractivity contribution in [3.63, 3.8) is 0 Å². The maximum Gasteiger partial charge on any atom is 0.224 e. The molecule has 1 unspecified atom stereocenters. The fourth-order valence-electron chi connectivity index (χ4n) is 2.58. The summed E-state index contributed by atoms with van der Waals surface area (Å²) in [6.07, 6.45) is 8.52. The molecule has 6 nitrogen and oxygen atoms in total. The largest absolute Gasteiger partial charge is 0.326 e. The summed E-state index contributed by atoms with van der Waals surface area (Å²) in [5.41, 5.74) is 2.70. The average Bonchev–Trinajstić information content (AvgIpc) is 3.11. The first-order valence-electron chi connectivity index (χ1n) is 7.03. The number of amides is 1. The van der Waals surface area contributed by atoms with Crippen LogP contribution in [-0.4, -0.2) is 26.1 Å². The molecule has 1 atom stereocenters. The average molecular weight is 283 g/mol. The summed E-state index contributed by atoms with van der Waals surface area (Å²) >= 11 is 0. The highest BCUT2D eigenvalue weighted by atomic mass is 16.1. The zero-order chi connectivity index (χ0) is 14.7. The third-order valence-electron chi connectivity index (χ3n) is 3.64. The Hall–Kier alpha value is -2.50. The Balaban J connectivity index is 1.67. The Morgan fingerprint density at radius 3 is 3.05 bits per heavy atom. The lowest BCUT2D eigenvalue weighted by molar-refractivity contribution is -0.116. The molecule has 6 heteroatoms. The number of aryl methyl sites for hydroxylation is 1. The van der Waals surface area contributed by atoms with Crippen LogP contribution in [0.4, 0.5) is 5.69 Å². The second kappa shape index (κ2) is 5.87. The second-order valence-corrected chi connectivity index (χ2v) is 5.27. The number of allylic oxidation sites excluding steroid dienone is 2.